The van der Waals surface area contributed by atoms with Crippen molar-refractivity contribution in [3.63, 3.8) is 0 Å². The molecule has 2 unspecified atom stereocenters. The van der Waals surface area contributed by atoms with Gasteiger partial charge in [0, 0.05) is 31.0 Å². The largest absolute Gasteiger partial charge is 0.378 e. The normalized spacial score (nSPS) is 38.7. The molecule has 0 N–H and O–H groups in total. The van der Waals surface area contributed by atoms with Crippen molar-refractivity contribution in [3.8, 4) is 0 Å². The molecule has 4 fully saturated rings. The lowest BCUT2D eigenvalue weighted by molar-refractivity contribution is -0.192. The Kier molecular flexibility index (Phi) is 3.77. The van der Waals surface area contributed by atoms with Crippen LogP contribution in [0.3, 0.4) is 0 Å². The van der Waals surface area contributed by atoms with Gasteiger partial charge >= 0.3 is 0 Å². The van der Waals surface area contributed by atoms with E-state index in [1.807, 2.05) is 0 Å². The molecule has 4 nitrogen and oxygen atoms in total. The van der Waals surface area contributed by atoms with Crippen LogP contribution in [0.4, 0.5) is 0 Å². The quantitative estimate of drug-likeness (QED) is 0.797. The van der Waals surface area contributed by atoms with Crippen LogP contribution >= 0.6 is 0 Å². The highest BCUT2D eigenvalue weighted by Crippen LogP contribution is 2.53. The van der Waals surface area contributed by atoms with E-state index in [0.717, 1.165) is 26.4 Å². The van der Waals surface area contributed by atoms with Crippen molar-refractivity contribution in [1.82, 2.24) is 4.90 Å². The Morgan fingerprint density at radius 1 is 1.05 bits per heavy atom. The van der Waals surface area contributed by atoms with Crippen LogP contribution in [0, 0.1) is 11.3 Å². The van der Waals surface area contributed by atoms with Gasteiger partial charge < -0.3 is 19.1 Å². The Hall–Kier alpha value is -0.160. The van der Waals surface area contributed by atoms with Crippen LogP contribution < -0.4 is 0 Å². The molecule has 3 saturated heterocycles. The number of rotatable bonds is 4. The molecule has 2 atom stereocenters. The van der Waals surface area contributed by atoms with Crippen LogP contribution in [0.25, 0.3) is 0 Å². The van der Waals surface area contributed by atoms with Crippen molar-refractivity contribution in [3.05, 3.63) is 0 Å². The number of nitrogens with zero attached hydrogens (tertiary/aromatic N) is 1. The molecule has 3 heterocycles. The fraction of sp³-hybridized carbons (Fsp3) is 1.00. The summed E-state index contributed by atoms with van der Waals surface area (Å²) in [6.07, 6.45) is 8.31. The fourth-order valence-electron chi connectivity index (χ4n) is 4.64. The van der Waals surface area contributed by atoms with Gasteiger partial charge in [-0.2, -0.15) is 0 Å². The Morgan fingerprint density at radius 2 is 1.86 bits per heavy atom. The number of hydrogen-bond acceptors (Lipinski definition) is 4. The third-order valence-corrected chi connectivity index (χ3v) is 6.15. The molecule has 0 aromatic heterocycles. The summed E-state index contributed by atoms with van der Waals surface area (Å²) in [5.41, 5.74) is 0.483. The monoisotopic (exact) mass is 295 g/mol. The maximum Gasteiger partial charge on any atom is 0.169 e. The van der Waals surface area contributed by atoms with Crippen molar-refractivity contribution in [2.24, 2.45) is 11.3 Å². The van der Waals surface area contributed by atoms with Crippen molar-refractivity contribution in [2.75, 3.05) is 39.5 Å². The van der Waals surface area contributed by atoms with Crippen LogP contribution in [0.5, 0.6) is 0 Å². The van der Waals surface area contributed by atoms with E-state index >= 15 is 0 Å². The fourth-order valence-corrected chi connectivity index (χ4v) is 4.64. The molecule has 1 aliphatic carbocycles. The second-order valence-electron chi connectivity index (χ2n) is 7.65. The van der Waals surface area contributed by atoms with E-state index in [1.54, 1.807) is 0 Å². The minimum Gasteiger partial charge on any atom is -0.378 e. The number of hydrogen-bond donors (Lipinski definition) is 0. The van der Waals surface area contributed by atoms with Crippen LogP contribution in [0.1, 0.15) is 45.4 Å². The molecule has 0 aromatic carbocycles. The average Bonchev–Trinajstić information content (AvgIpc) is 2.95. The summed E-state index contributed by atoms with van der Waals surface area (Å²) in [6.45, 7) is 8.23. The molecule has 4 aliphatic rings. The summed E-state index contributed by atoms with van der Waals surface area (Å²) in [5.74, 6) is 0.188. The predicted molar refractivity (Wildman–Crippen MR) is 80.1 cm³/mol. The minimum atomic E-state index is -0.334. The Bertz CT molecular complexity index is 370. The zero-order valence-corrected chi connectivity index (χ0v) is 13.3. The van der Waals surface area contributed by atoms with E-state index in [2.05, 4.69) is 11.8 Å². The van der Waals surface area contributed by atoms with Crippen molar-refractivity contribution < 1.29 is 14.2 Å². The third-order valence-electron chi connectivity index (χ3n) is 6.15. The SMILES string of the molecule is CC1(C2CCCN(CC3(C4CCCO4)CC3)C2)OCCO1. The Balaban J connectivity index is 1.37. The van der Waals surface area contributed by atoms with Gasteiger partial charge in [0.05, 0.1) is 19.3 Å². The lowest BCUT2D eigenvalue weighted by atomic mass is 9.88. The van der Waals surface area contributed by atoms with Crippen LogP contribution in [0.2, 0.25) is 0 Å². The third kappa shape index (κ3) is 2.76. The summed E-state index contributed by atoms with van der Waals surface area (Å²) < 4.78 is 17.8. The number of likely N-dealkylation sites (tertiary alicyclic amines) is 1. The summed E-state index contributed by atoms with van der Waals surface area (Å²) in [6, 6.07) is 0. The molecule has 0 aromatic rings. The van der Waals surface area contributed by atoms with Gasteiger partial charge in [-0.1, -0.05) is 0 Å². The van der Waals surface area contributed by atoms with Gasteiger partial charge in [-0.15, -0.1) is 0 Å². The van der Waals surface area contributed by atoms with Gasteiger partial charge in [-0.25, -0.2) is 0 Å². The zero-order valence-electron chi connectivity index (χ0n) is 13.3. The molecule has 0 amide bonds. The van der Waals surface area contributed by atoms with Gasteiger partial charge in [0.2, 0.25) is 0 Å². The molecule has 3 aliphatic heterocycles. The lowest BCUT2D eigenvalue weighted by Gasteiger charge is -2.41. The van der Waals surface area contributed by atoms with Crippen LogP contribution in [-0.4, -0.2) is 56.2 Å². The Labute approximate surface area is 128 Å². The van der Waals surface area contributed by atoms with Gasteiger partial charge in [0.15, 0.2) is 5.79 Å². The smallest absolute Gasteiger partial charge is 0.169 e. The van der Waals surface area contributed by atoms with Crippen molar-refractivity contribution >= 4 is 0 Å². The molecule has 0 spiro atoms. The standard InChI is InChI=1S/C17H29NO3/c1-16(20-10-11-21-16)14-4-2-8-18(12-14)13-17(6-7-17)15-5-3-9-19-15/h14-15H,2-13H2,1H3. The van der Waals surface area contributed by atoms with Crippen molar-refractivity contribution in [1.29, 1.82) is 0 Å². The molecule has 0 radical (unpaired) electrons. The van der Waals surface area contributed by atoms with E-state index in [4.69, 9.17) is 14.2 Å². The van der Waals surface area contributed by atoms with E-state index < -0.39 is 0 Å². The molecule has 120 valence electrons. The molecule has 21 heavy (non-hydrogen) atoms. The van der Waals surface area contributed by atoms with E-state index in [-0.39, 0.29) is 5.79 Å². The highest BCUT2D eigenvalue weighted by atomic mass is 16.7. The first kappa shape index (κ1) is 14.4. The maximum absolute atomic E-state index is 5.99. The second-order valence-corrected chi connectivity index (χ2v) is 7.65. The summed E-state index contributed by atoms with van der Waals surface area (Å²) in [4.78, 5) is 2.67. The van der Waals surface area contributed by atoms with E-state index in [1.165, 1.54) is 51.6 Å². The topological polar surface area (TPSA) is 30.9 Å². The molecule has 4 heteroatoms. The zero-order chi connectivity index (χ0) is 14.3. The van der Waals surface area contributed by atoms with E-state index in [0.29, 0.717) is 17.4 Å². The van der Waals surface area contributed by atoms with Crippen LogP contribution in [-0.2, 0) is 14.2 Å². The first-order valence-electron chi connectivity index (χ1n) is 8.82. The minimum absolute atomic E-state index is 0.334. The molecule has 1 saturated carbocycles. The van der Waals surface area contributed by atoms with E-state index in [9.17, 15) is 0 Å². The number of ether oxygens (including phenoxy) is 3. The second kappa shape index (κ2) is 5.48. The van der Waals surface area contributed by atoms with Crippen molar-refractivity contribution in [2.45, 2.75) is 57.3 Å². The highest BCUT2D eigenvalue weighted by Gasteiger charge is 2.52. The Morgan fingerprint density at radius 3 is 2.52 bits per heavy atom. The first-order chi connectivity index (χ1) is 10.2. The molecular weight excluding hydrogens is 266 g/mol. The molecular formula is C17H29NO3. The lowest BCUT2D eigenvalue weighted by Crippen LogP contribution is -2.49. The number of piperidine rings is 1. The maximum atomic E-state index is 5.99. The van der Waals surface area contributed by atoms with Gasteiger partial charge in [-0.05, 0) is 52.0 Å². The highest BCUT2D eigenvalue weighted by molar-refractivity contribution is 5.03. The van der Waals surface area contributed by atoms with Gasteiger partial charge in [-0.3, -0.25) is 0 Å². The first-order valence-corrected chi connectivity index (χ1v) is 8.82. The van der Waals surface area contributed by atoms with Crippen LogP contribution in [0.15, 0.2) is 0 Å². The van der Waals surface area contributed by atoms with Gasteiger partial charge in [0.25, 0.3) is 0 Å². The summed E-state index contributed by atoms with van der Waals surface area (Å²) in [5, 5.41) is 0. The summed E-state index contributed by atoms with van der Waals surface area (Å²) in [7, 11) is 0. The average molecular weight is 295 g/mol. The predicted octanol–water partition coefficient (Wildman–Crippen LogP) is 2.42. The molecule has 0 bridgehead atoms. The summed E-state index contributed by atoms with van der Waals surface area (Å²) >= 11 is 0. The molecule has 4 rings (SSSR count). The van der Waals surface area contributed by atoms with Gasteiger partial charge in [0.1, 0.15) is 0 Å².